The minimum Gasteiger partial charge on any atom is -0.456 e. The fourth-order valence-corrected chi connectivity index (χ4v) is 7.37. The normalized spacial score (nSPS) is 12.1. The van der Waals surface area contributed by atoms with Gasteiger partial charge in [0.1, 0.15) is 11.5 Å². The zero-order chi connectivity index (χ0) is 30.2. The topological polar surface area (TPSA) is 14.2 Å². The number of rotatable bonds is 3. The van der Waals surface area contributed by atoms with E-state index in [0.29, 0.717) is 0 Å². The first-order chi connectivity index (χ1) is 22.8. The zero-order valence-electron chi connectivity index (χ0n) is 24.9. The highest BCUT2D eigenvalue weighted by atomic mass is 16.5. The van der Waals surface area contributed by atoms with E-state index in [2.05, 4.69) is 168 Å². The maximum atomic E-state index is 6.36. The van der Waals surface area contributed by atoms with Gasteiger partial charge >= 0.3 is 0 Å². The first-order valence-electron chi connectivity index (χ1n) is 15.8. The van der Waals surface area contributed by atoms with Gasteiger partial charge in [-0.15, -0.1) is 0 Å². The van der Waals surface area contributed by atoms with Crippen molar-refractivity contribution in [3.05, 3.63) is 164 Å². The molecule has 2 nitrogen and oxygen atoms in total. The number of nitrogens with zero attached hydrogens (tertiary/aromatic N) is 1. The Hall–Kier alpha value is -6.12. The first-order valence-corrected chi connectivity index (χ1v) is 15.8. The van der Waals surface area contributed by atoms with Gasteiger partial charge in [-0.2, -0.15) is 0 Å². The summed E-state index contributed by atoms with van der Waals surface area (Å²) in [6.07, 6.45) is 0. The SMILES string of the molecule is c1ccc(-n2c3ccccc3c3cc4ccc(-c5cccc(-c6ccc7c(c6)-c6cccc8cccc(c68)O7)c5)cc4cc32)cc1. The Morgan fingerprint density at radius 3 is 2.00 bits per heavy atom. The van der Waals surface area contributed by atoms with E-state index in [4.69, 9.17) is 4.74 Å². The van der Waals surface area contributed by atoms with Crippen molar-refractivity contribution >= 4 is 43.4 Å². The second-order valence-corrected chi connectivity index (χ2v) is 12.2. The molecular formula is C44H27NO. The van der Waals surface area contributed by atoms with Crippen LogP contribution in [-0.4, -0.2) is 4.57 Å². The number of para-hydroxylation sites is 2. The molecule has 1 aromatic heterocycles. The van der Waals surface area contributed by atoms with Crippen LogP contribution in [0.3, 0.4) is 0 Å². The van der Waals surface area contributed by atoms with Crippen molar-refractivity contribution in [3.8, 4) is 50.6 Å². The highest BCUT2D eigenvalue weighted by Gasteiger charge is 2.20. The van der Waals surface area contributed by atoms with Crippen LogP contribution in [0, 0.1) is 0 Å². The van der Waals surface area contributed by atoms with Crippen LogP contribution in [-0.2, 0) is 0 Å². The van der Waals surface area contributed by atoms with Gasteiger partial charge in [-0.25, -0.2) is 0 Å². The maximum absolute atomic E-state index is 6.36. The lowest BCUT2D eigenvalue weighted by Gasteiger charge is -2.22. The quantitative estimate of drug-likeness (QED) is 0.201. The molecule has 0 saturated heterocycles. The summed E-state index contributed by atoms with van der Waals surface area (Å²) in [6, 6.07) is 59.1. The Balaban J connectivity index is 1.09. The van der Waals surface area contributed by atoms with Crippen LogP contribution in [0.2, 0.25) is 0 Å². The number of hydrogen-bond donors (Lipinski definition) is 0. The molecule has 0 amide bonds. The van der Waals surface area contributed by atoms with Crippen LogP contribution in [0.1, 0.15) is 0 Å². The summed E-state index contributed by atoms with van der Waals surface area (Å²) in [5, 5.41) is 7.40. The molecule has 1 aliphatic heterocycles. The third kappa shape index (κ3) is 3.77. The molecule has 0 bridgehead atoms. The van der Waals surface area contributed by atoms with E-state index < -0.39 is 0 Å². The van der Waals surface area contributed by atoms with Gasteiger partial charge in [0.15, 0.2) is 0 Å². The van der Waals surface area contributed by atoms with Crippen LogP contribution in [0.25, 0.3) is 82.4 Å². The fraction of sp³-hybridized carbons (Fsp3) is 0. The van der Waals surface area contributed by atoms with Gasteiger partial charge < -0.3 is 9.30 Å². The summed E-state index contributed by atoms with van der Waals surface area (Å²) in [4.78, 5) is 0. The predicted molar refractivity (Wildman–Crippen MR) is 192 cm³/mol. The summed E-state index contributed by atoms with van der Waals surface area (Å²) in [7, 11) is 0. The molecule has 1 aliphatic rings. The molecule has 0 aliphatic carbocycles. The molecule has 0 atom stereocenters. The Morgan fingerprint density at radius 1 is 0.370 bits per heavy atom. The summed E-state index contributed by atoms with van der Waals surface area (Å²) >= 11 is 0. The Morgan fingerprint density at radius 2 is 1.11 bits per heavy atom. The third-order valence-corrected chi connectivity index (χ3v) is 9.53. The summed E-state index contributed by atoms with van der Waals surface area (Å²) in [5.41, 5.74) is 10.7. The van der Waals surface area contributed by atoms with E-state index in [1.165, 1.54) is 76.9 Å². The first kappa shape index (κ1) is 25.2. The van der Waals surface area contributed by atoms with E-state index in [9.17, 15) is 0 Å². The number of aromatic nitrogens is 1. The smallest absolute Gasteiger partial charge is 0.135 e. The van der Waals surface area contributed by atoms with Crippen LogP contribution in [0.5, 0.6) is 11.5 Å². The number of hydrogen-bond acceptors (Lipinski definition) is 1. The van der Waals surface area contributed by atoms with Gasteiger partial charge in [0, 0.05) is 27.4 Å². The highest BCUT2D eigenvalue weighted by Crippen LogP contribution is 2.47. The summed E-state index contributed by atoms with van der Waals surface area (Å²) in [5.74, 6) is 1.83. The maximum Gasteiger partial charge on any atom is 0.135 e. The molecule has 10 rings (SSSR count). The summed E-state index contributed by atoms with van der Waals surface area (Å²) < 4.78 is 8.74. The zero-order valence-corrected chi connectivity index (χ0v) is 24.9. The van der Waals surface area contributed by atoms with Crippen molar-refractivity contribution in [3.63, 3.8) is 0 Å². The van der Waals surface area contributed by atoms with E-state index in [1.54, 1.807) is 0 Å². The monoisotopic (exact) mass is 585 g/mol. The van der Waals surface area contributed by atoms with E-state index >= 15 is 0 Å². The van der Waals surface area contributed by atoms with Gasteiger partial charge in [-0.05, 0) is 105 Å². The molecule has 2 heteroatoms. The van der Waals surface area contributed by atoms with Crippen LogP contribution >= 0.6 is 0 Å². The molecule has 214 valence electrons. The second-order valence-electron chi connectivity index (χ2n) is 12.2. The minimum atomic E-state index is 0.903. The standard InChI is InChI=1S/C44H27NO/c1-2-13-35(14-3-1)45-40-17-5-4-15-36(40)38-25-33-20-19-31(24-34(33)27-41(38)45)29-11-6-12-30(23-29)32-21-22-42-39(26-32)37-16-7-9-28-10-8-18-43(46-42)44(28)37/h1-27H. The summed E-state index contributed by atoms with van der Waals surface area (Å²) in [6.45, 7) is 0. The Labute approximate surface area is 266 Å². The number of fused-ring (bicyclic) bond motifs is 6. The minimum absolute atomic E-state index is 0.903. The van der Waals surface area contributed by atoms with Crippen molar-refractivity contribution in [2.24, 2.45) is 0 Å². The molecule has 0 unspecified atom stereocenters. The van der Waals surface area contributed by atoms with E-state index in [1.807, 2.05) is 0 Å². The van der Waals surface area contributed by atoms with Gasteiger partial charge in [-0.3, -0.25) is 0 Å². The molecule has 0 spiro atoms. The Kier molecular flexibility index (Phi) is 5.31. The lowest BCUT2D eigenvalue weighted by atomic mass is 9.91. The van der Waals surface area contributed by atoms with Crippen molar-refractivity contribution in [1.29, 1.82) is 0 Å². The molecular weight excluding hydrogens is 558 g/mol. The predicted octanol–water partition coefficient (Wildman–Crippen LogP) is 12.2. The molecule has 8 aromatic carbocycles. The molecule has 0 radical (unpaired) electrons. The van der Waals surface area contributed by atoms with Gasteiger partial charge in [0.25, 0.3) is 0 Å². The molecule has 46 heavy (non-hydrogen) atoms. The number of benzene rings is 8. The average Bonchev–Trinajstić information content (AvgIpc) is 3.44. The highest BCUT2D eigenvalue weighted by molar-refractivity contribution is 6.14. The molecule has 2 heterocycles. The van der Waals surface area contributed by atoms with E-state index in [0.717, 1.165) is 17.1 Å². The average molecular weight is 586 g/mol. The van der Waals surface area contributed by atoms with Gasteiger partial charge in [0.2, 0.25) is 0 Å². The van der Waals surface area contributed by atoms with Crippen molar-refractivity contribution in [2.45, 2.75) is 0 Å². The van der Waals surface area contributed by atoms with Crippen molar-refractivity contribution < 1.29 is 4.74 Å². The fourth-order valence-electron chi connectivity index (χ4n) is 7.37. The molecule has 0 N–H and O–H groups in total. The van der Waals surface area contributed by atoms with Gasteiger partial charge in [-0.1, -0.05) is 103 Å². The van der Waals surface area contributed by atoms with Crippen LogP contribution < -0.4 is 4.74 Å². The number of ether oxygens (including phenoxy) is 1. The third-order valence-electron chi connectivity index (χ3n) is 9.53. The second kappa shape index (κ2) is 9.69. The largest absolute Gasteiger partial charge is 0.456 e. The lowest BCUT2D eigenvalue weighted by molar-refractivity contribution is 0.487. The molecule has 0 fully saturated rings. The lowest BCUT2D eigenvalue weighted by Crippen LogP contribution is -1.97. The molecule has 0 saturated carbocycles. The molecule has 9 aromatic rings. The Bertz CT molecular complexity index is 2660. The van der Waals surface area contributed by atoms with Gasteiger partial charge in [0.05, 0.1) is 11.0 Å². The van der Waals surface area contributed by atoms with Crippen molar-refractivity contribution in [1.82, 2.24) is 4.57 Å². The van der Waals surface area contributed by atoms with Crippen LogP contribution in [0.4, 0.5) is 0 Å². The van der Waals surface area contributed by atoms with E-state index in [-0.39, 0.29) is 0 Å². The van der Waals surface area contributed by atoms with Crippen molar-refractivity contribution in [2.75, 3.05) is 0 Å². The van der Waals surface area contributed by atoms with Crippen LogP contribution in [0.15, 0.2) is 164 Å².